The van der Waals surface area contributed by atoms with Gasteiger partial charge in [0.2, 0.25) is 0 Å². The van der Waals surface area contributed by atoms with Crippen LogP contribution in [0.5, 0.6) is 0 Å². The number of nitrogens with one attached hydrogen (secondary N) is 1. The van der Waals surface area contributed by atoms with E-state index in [0.717, 1.165) is 11.6 Å². The molecule has 0 aliphatic heterocycles. The molecule has 0 aliphatic rings. The molecule has 0 bridgehead atoms. The third-order valence-electron chi connectivity index (χ3n) is 3.21. The van der Waals surface area contributed by atoms with E-state index in [1.807, 2.05) is 0 Å². The summed E-state index contributed by atoms with van der Waals surface area (Å²) in [6.07, 6.45) is 0. The summed E-state index contributed by atoms with van der Waals surface area (Å²) < 4.78 is 12.9. The van der Waals surface area contributed by atoms with Gasteiger partial charge < -0.3 is 11.1 Å². The Morgan fingerprint density at radius 1 is 1.27 bits per heavy atom. The van der Waals surface area contributed by atoms with Gasteiger partial charge in [0.05, 0.1) is 11.0 Å². The van der Waals surface area contributed by atoms with Crippen molar-refractivity contribution >= 4 is 17.3 Å². The van der Waals surface area contributed by atoms with E-state index in [1.165, 1.54) is 24.3 Å². The monoisotopic (exact) mass is 303 g/mol. The van der Waals surface area contributed by atoms with Crippen molar-refractivity contribution in [3.05, 3.63) is 69.5 Å². The van der Waals surface area contributed by atoms with E-state index < -0.39 is 10.8 Å². The van der Waals surface area contributed by atoms with Gasteiger partial charge in [-0.1, -0.05) is 12.1 Å². The molecule has 0 aliphatic carbocycles. The molecule has 0 radical (unpaired) electrons. The predicted octanol–water partition coefficient (Wildman–Crippen LogP) is 2.81. The third-order valence-corrected chi connectivity index (χ3v) is 3.21. The fourth-order valence-electron chi connectivity index (χ4n) is 1.96. The van der Waals surface area contributed by atoms with Gasteiger partial charge in [-0.3, -0.25) is 14.9 Å². The molecule has 7 heteroatoms. The lowest BCUT2D eigenvalue weighted by atomic mass is 10.1. The highest BCUT2D eigenvalue weighted by Crippen LogP contribution is 2.23. The summed E-state index contributed by atoms with van der Waals surface area (Å²) in [5.74, 6) is -0.837. The number of anilines is 1. The first-order valence-corrected chi connectivity index (χ1v) is 6.48. The van der Waals surface area contributed by atoms with Crippen LogP contribution in [0.1, 0.15) is 28.9 Å². The molecule has 0 heterocycles. The van der Waals surface area contributed by atoms with Crippen molar-refractivity contribution in [2.24, 2.45) is 0 Å². The van der Waals surface area contributed by atoms with E-state index in [9.17, 15) is 19.3 Å². The number of benzene rings is 2. The second kappa shape index (κ2) is 6.21. The number of halogens is 1. The number of nitrogens with two attached hydrogens (primary N) is 1. The minimum absolute atomic E-state index is 0.00636. The van der Waals surface area contributed by atoms with Crippen molar-refractivity contribution in [2.75, 3.05) is 5.73 Å². The zero-order valence-electron chi connectivity index (χ0n) is 11.7. The van der Waals surface area contributed by atoms with Gasteiger partial charge in [0.15, 0.2) is 0 Å². The zero-order chi connectivity index (χ0) is 16.3. The Morgan fingerprint density at radius 2 is 1.91 bits per heavy atom. The molecule has 1 amide bonds. The Morgan fingerprint density at radius 3 is 2.50 bits per heavy atom. The van der Waals surface area contributed by atoms with Gasteiger partial charge in [-0.2, -0.15) is 0 Å². The lowest BCUT2D eigenvalue weighted by Crippen LogP contribution is -2.26. The smallest absolute Gasteiger partial charge is 0.292 e. The quantitative estimate of drug-likeness (QED) is 0.515. The van der Waals surface area contributed by atoms with Crippen molar-refractivity contribution < 1.29 is 14.1 Å². The number of carbonyl (C=O) groups excluding carboxylic acids is 1. The Hall–Kier alpha value is -2.96. The Bertz CT molecular complexity index is 716. The van der Waals surface area contributed by atoms with Crippen LogP contribution in [0.3, 0.4) is 0 Å². The summed E-state index contributed by atoms with van der Waals surface area (Å²) in [4.78, 5) is 22.3. The zero-order valence-corrected chi connectivity index (χ0v) is 11.7. The van der Waals surface area contributed by atoms with Crippen LogP contribution >= 0.6 is 0 Å². The van der Waals surface area contributed by atoms with Crippen LogP contribution in [-0.2, 0) is 0 Å². The summed E-state index contributed by atoms with van der Waals surface area (Å²) in [6.45, 7) is 1.73. The minimum atomic E-state index is -0.643. The standard InChI is InChI=1S/C15H14FN3O3/c1-9(10-2-5-12(16)6-3-10)18-15(20)11-4-7-13(17)14(8-11)19(21)22/h2-9H,17H2,1H3,(H,18,20). The van der Waals surface area contributed by atoms with Crippen molar-refractivity contribution in [1.29, 1.82) is 0 Å². The normalized spacial score (nSPS) is 11.7. The molecule has 6 nitrogen and oxygen atoms in total. The molecule has 0 saturated carbocycles. The Balaban J connectivity index is 2.16. The average molecular weight is 303 g/mol. The Kier molecular flexibility index (Phi) is 4.36. The lowest BCUT2D eigenvalue weighted by Gasteiger charge is -2.14. The number of rotatable bonds is 4. The van der Waals surface area contributed by atoms with Gasteiger partial charge in [-0.15, -0.1) is 0 Å². The molecule has 0 spiro atoms. The van der Waals surface area contributed by atoms with E-state index in [-0.39, 0.29) is 28.8 Å². The molecule has 0 aromatic heterocycles. The van der Waals surface area contributed by atoms with E-state index in [4.69, 9.17) is 5.73 Å². The number of nitrogens with zero attached hydrogens (tertiary/aromatic N) is 1. The summed E-state index contributed by atoms with van der Waals surface area (Å²) in [7, 11) is 0. The second-order valence-electron chi connectivity index (χ2n) is 4.78. The predicted molar refractivity (Wildman–Crippen MR) is 79.8 cm³/mol. The first kappa shape index (κ1) is 15.4. The number of hydrogen-bond acceptors (Lipinski definition) is 4. The van der Waals surface area contributed by atoms with Gasteiger partial charge >= 0.3 is 0 Å². The molecule has 0 fully saturated rings. The molecule has 0 saturated heterocycles. The summed E-state index contributed by atoms with van der Waals surface area (Å²) in [5, 5.41) is 13.5. The molecule has 114 valence electrons. The molecule has 2 aromatic rings. The van der Waals surface area contributed by atoms with Crippen LogP contribution in [0.2, 0.25) is 0 Å². The van der Waals surface area contributed by atoms with Crippen LogP contribution in [0.25, 0.3) is 0 Å². The Labute approximate surface area is 125 Å². The van der Waals surface area contributed by atoms with Gasteiger partial charge in [0.25, 0.3) is 11.6 Å². The first-order chi connectivity index (χ1) is 10.4. The van der Waals surface area contributed by atoms with Crippen molar-refractivity contribution in [3.63, 3.8) is 0 Å². The molecule has 1 unspecified atom stereocenters. The number of amides is 1. The number of nitrogen functional groups attached to an aromatic ring is 1. The van der Waals surface area contributed by atoms with Gasteiger partial charge in [0, 0.05) is 11.6 Å². The highest BCUT2D eigenvalue weighted by atomic mass is 19.1. The van der Waals surface area contributed by atoms with Crippen molar-refractivity contribution in [3.8, 4) is 0 Å². The molecular formula is C15H14FN3O3. The van der Waals surface area contributed by atoms with E-state index in [1.54, 1.807) is 19.1 Å². The maximum atomic E-state index is 12.9. The lowest BCUT2D eigenvalue weighted by molar-refractivity contribution is -0.383. The summed E-state index contributed by atoms with van der Waals surface area (Å²) in [6, 6.07) is 9.20. The molecular weight excluding hydrogens is 289 g/mol. The van der Waals surface area contributed by atoms with Crippen molar-refractivity contribution in [2.45, 2.75) is 13.0 Å². The molecule has 22 heavy (non-hydrogen) atoms. The number of hydrogen-bond donors (Lipinski definition) is 2. The fraction of sp³-hybridized carbons (Fsp3) is 0.133. The molecule has 3 N–H and O–H groups in total. The van der Waals surface area contributed by atoms with E-state index >= 15 is 0 Å². The molecule has 2 rings (SSSR count). The van der Waals surface area contributed by atoms with Crippen LogP contribution in [0.4, 0.5) is 15.8 Å². The molecule has 2 aromatic carbocycles. The van der Waals surface area contributed by atoms with Gasteiger partial charge in [-0.05, 0) is 36.8 Å². The van der Waals surface area contributed by atoms with Gasteiger partial charge in [0.1, 0.15) is 11.5 Å². The summed E-state index contributed by atoms with van der Waals surface area (Å²) >= 11 is 0. The number of nitro groups is 1. The average Bonchev–Trinajstić information content (AvgIpc) is 2.47. The van der Waals surface area contributed by atoms with Crippen LogP contribution in [0, 0.1) is 15.9 Å². The highest BCUT2D eigenvalue weighted by molar-refractivity contribution is 5.95. The SMILES string of the molecule is CC(NC(=O)c1ccc(N)c([N+](=O)[O-])c1)c1ccc(F)cc1. The second-order valence-corrected chi connectivity index (χ2v) is 4.78. The number of carbonyl (C=O) groups is 1. The first-order valence-electron chi connectivity index (χ1n) is 6.48. The summed E-state index contributed by atoms with van der Waals surface area (Å²) in [5.41, 5.74) is 6.02. The van der Waals surface area contributed by atoms with E-state index in [0.29, 0.717) is 0 Å². The third kappa shape index (κ3) is 3.38. The van der Waals surface area contributed by atoms with Crippen molar-refractivity contribution in [1.82, 2.24) is 5.32 Å². The van der Waals surface area contributed by atoms with Crippen LogP contribution < -0.4 is 11.1 Å². The van der Waals surface area contributed by atoms with Gasteiger partial charge in [-0.25, -0.2) is 4.39 Å². The largest absolute Gasteiger partial charge is 0.393 e. The topological polar surface area (TPSA) is 98.3 Å². The van der Waals surface area contributed by atoms with Crippen LogP contribution in [0.15, 0.2) is 42.5 Å². The maximum absolute atomic E-state index is 12.9. The molecule has 1 atom stereocenters. The maximum Gasteiger partial charge on any atom is 0.292 e. The fourth-order valence-corrected chi connectivity index (χ4v) is 1.96. The van der Waals surface area contributed by atoms with Crippen LogP contribution in [-0.4, -0.2) is 10.8 Å². The minimum Gasteiger partial charge on any atom is -0.393 e. The van der Waals surface area contributed by atoms with E-state index in [2.05, 4.69) is 5.32 Å². The number of nitro benzene ring substituents is 1. The highest BCUT2D eigenvalue weighted by Gasteiger charge is 2.17.